The summed E-state index contributed by atoms with van der Waals surface area (Å²) in [6.07, 6.45) is 0.394. The molecule has 0 amide bonds. The molecule has 2 heteroatoms. The second-order valence-corrected chi connectivity index (χ2v) is 3.24. The summed E-state index contributed by atoms with van der Waals surface area (Å²) in [7, 11) is 0. The van der Waals surface area contributed by atoms with E-state index in [1.165, 1.54) is 0 Å². The van der Waals surface area contributed by atoms with E-state index in [0.29, 0.717) is 11.5 Å². The third kappa shape index (κ3) is 3.99. The molecule has 0 aromatic heterocycles. The Hall–Kier alpha value is -0.560. The molecule has 0 rings (SSSR count). The molecular weight excluding hydrogens is 160 g/mol. The SMILES string of the molecule is C=C(C)/C(CC(C)=O)=C(\C)Cl. The van der Waals surface area contributed by atoms with Crippen LogP contribution in [0.2, 0.25) is 0 Å². The van der Waals surface area contributed by atoms with E-state index >= 15 is 0 Å². The fourth-order valence-corrected chi connectivity index (χ4v) is 1.04. The molecule has 1 nitrogen and oxygen atoms in total. The Balaban J connectivity index is 4.52. The minimum atomic E-state index is 0.114. The number of Topliss-reactive ketones (excluding diaryl/α,β-unsaturated/α-hetero) is 1. The lowest BCUT2D eigenvalue weighted by Crippen LogP contribution is -1.95. The van der Waals surface area contributed by atoms with Crippen LogP contribution in [0, 0.1) is 0 Å². The average molecular weight is 173 g/mol. The molecule has 0 aromatic carbocycles. The monoisotopic (exact) mass is 172 g/mol. The molecule has 0 N–H and O–H groups in total. The highest BCUT2D eigenvalue weighted by Gasteiger charge is 2.04. The standard InChI is InChI=1S/C9H13ClO/c1-6(2)9(8(4)10)5-7(3)11/h1,5H2,2-4H3/b9-8+. The van der Waals surface area contributed by atoms with E-state index in [1.54, 1.807) is 13.8 Å². The molecular formula is C9H13ClO. The van der Waals surface area contributed by atoms with Crippen LogP contribution in [0.4, 0.5) is 0 Å². The van der Waals surface area contributed by atoms with Crippen molar-refractivity contribution in [3.63, 3.8) is 0 Å². The molecule has 0 unspecified atom stereocenters. The van der Waals surface area contributed by atoms with Crippen LogP contribution < -0.4 is 0 Å². The van der Waals surface area contributed by atoms with Crippen LogP contribution in [-0.4, -0.2) is 5.78 Å². The highest BCUT2D eigenvalue weighted by Crippen LogP contribution is 2.19. The predicted octanol–water partition coefficient (Wildman–Crippen LogP) is 3.05. The number of ketones is 1. The summed E-state index contributed by atoms with van der Waals surface area (Å²) < 4.78 is 0. The van der Waals surface area contributed by atoms with E-state index in [4.69, 9.17) is 11.6 Å². The molecule has 0 atom stereocenters. The minimum Gasteiger partial charge on any atom is -0.300 e. The van der Waals surface area contributed by atoms with Gasteiger partial charge in [-0.05, 0) is 26.3 Å². The second kappa shape index (κ2) is 4.35. The fraction of sp³-hybridized carbons (Fsp3) is 0.444. The van der Waals surface area contributed by atoms with E-state index in [1.807, 2.05) is 6.92 Å². The van der Waals surface area contributed by atoms with Crippen LogP contribution in [0.25, 0.3) is 0 Å². The molecule has 11 heavy (non-hydrogen) atoms. The number of carbonyl (C=O) groups excluding carboxylic acids is 1. The molecule has 0 aliphatic rings. The van der Waals surface area contributed by atoms with Crippen LogP contribution in [0.15, 0.2) is 22.8 Å². The van der Waals surface area contributed by atoms with Crippen molar-refractivity contribution in [1.82, 2.24) is 0 Å². The lowest BCUT2D eigenvalue weighted by molar-refractivity contribution is -0.116. The first kappa shape index (κ1) is 10.4. The Kier molecular flexibility index (Phi) is 4.12. The first-order chi connectivity index (χ1) is 4.95. The first-order valence-electron chi connectivity index (χ1n) is 3.45. The van der Waals surface area contributed by atoms with Crippen molar-refractivity contribution in [1.29, 1.82) is 0 Å². The van der Waals surface area contributed by atoms with Gasteiger partial charge in [0.2, 0.25) is 0 Å². The van der Waals surface area contributed by atoms with Crippen molar-refractivity contribution in [2.75, 3.05) is 0 Å². The molecule has 0 saturated carbocycles. The van der Waals surface area contributed by atoms with Gasteiger partial charge >= 0.3 is 0 Å². The maximum absolute atomic E-state index is 10.7. The van der Waals surface area contributed by atoms with Crippen molar-refractivity contribution in [3.05, 3.63) is 22.8 Å². The number of allylic oxidation sites excluding steroid dienone is 3. The number of halogens is 1. The van der Waals surface area contributed by atoms with Gasteiger partial charge in [-0.15, -0.1) is 0 Å². The number of rotatable bonds is 3. The zero-order chi connectivity index (χ0) is 9.02. The lowest BCUT2D eigenvalue weighted by atomic mass is 10.0. The summed E-state index contributed by atoms with van der Waals surface area (Å²) in [6.45, 7) is 8.90. The minimum absolute atomic E-state index is 0.114. The first-order valence-corrected chi connectivity index (χ1v) is 3.83. The quantitative estimate of drug-likeness (QED) is 0.598. The molecule has 0 aliphatic heterocycles. The summed E-state index contributed by atoms with van der Waals surface area (Å²) in [5.41, 5.74) is 1.73. The Morgan fingerprint density at radius 1 is 1.36 bits per heavy atom. The van der Waals surface area contributed by atoms with E-state index in [0.717, 1.165) is 11.1 Å². The Bertz CT molecular complexity index is 210. The molecule has 0 aromatic rings. The lowest BCUT2D eigenvalue weighted by Gasteiger charge is -2.04. The maximum atomic E-state index is 10.7. The van der Waals surface area contributed by atoms with E-state index in [-0.39, 0.29) is 5.78 Å². The Morgan fingerprint density at radius 2 is 1.82 bits per heavy atom. The highest BCUT2D eigenvalue weighted by atomic mass is 35.5. The van der Waals surface area contributed by atoms with Gasteiger partial charge in [0, 0.05) is 11.5 Å². The van der Waals surface area contributed by atoms with E-state index < -0.39 is 0 Å². The van der Waals surface area contributed by atoms with Crippen molar-refractivity contribution >= 4 is 17.4 Å². The number of hydrogen-bond acceptors (Lipinski definition) is 1. The zero-order valence-corrected chi connectivity index (χ0v) is 7.96. The zero-order valence-electron chi connectivity index (χ0n) is 7.20. The maximum Gasteiger partial charge on any atom is 0.134 e. The van der Waals surface area contributed by atoms with Crippen LogP contribution in [-0.2, 0) is 4.79 Å². The van der Waals surface area contributed by atoms with Crippen molar-refractivity contribution in [2.24, 2.45) is 0 Å². The molecule has 0 aliphatic carbocycles. The molecule has 0 bridgehead atoms. The summed E-state index contributed by atoms with van der Waals surface area (Å²) in [5.74, 6) is 0.114. The highest BCUT2D eigenvalue weighted by molar-refractivity contribution is 6.30. The van der Waals surface area contributed by atoms with Gasteiger partial charge in [0.05, 0.1) is 0 Å². The summed E-state index contributed by atoms with van der Waals surface area (Å²) in [5, 5.41) is 0.660. The van der Waals surface area contributed by atoms with Crippen molar-refractivity contribution < 1.29 is 4.79 Å². The molecule has 62 valence electrons. The normalized spacial score (nSPS) is 12.4. The van der Waals surface area contributed by atoms with Crippen LogP contribution in [0.3, 0.4) is 0 Å². The Morgan fingerprint density at radius 3 is 1.91 bits per heavy atom. The third-order valence-electron chi connectivity index (χ3n) is 1.36. The van der Waals surface area contributed by atoms with Crippen LogP contribution in [0.5, 0.6) is 0 Å². The Labute approximate surface area is 72.7 Å². The summed E-state index contributed by atoms with van der Waals surface area (Å²) in [6, 6.07) is 0. The van der Waals surface area contributed by atoms with Gasteiger partial charge in [-0.1, -0.05) is 23.8 Å². The van der Waals surface area contributed by atoms with Crippen LogP contribution in [0.1, 0.15) is 27.2 Å². The molecule has 0 fully saturated rings. The molecule has 0 spiro atoms. The largest absolute Gasteiger partial charge is 0.300 e. The molecule has 0 heterocycles. The second-order valence-electron chi connectivity index (χ2n) is 2.67. The van der Waals surface area contributed by atoms with Gasteiger partial charge in [0.15, 0.2) is 0 Å². The van der Waals surface area contributed by atoms with E-state index in [9.17, 15) is 4.79 Å². The van der Waals surface area contributed by atoms with E-state index in [2.05, 4.69) is 6.58 Å². The van der Waals surface area contributed by atoms with Crippen molar-refractivity contribution in [2.45, 2.75) is 27.2 Å². The predicted molar refractivity (Wildman–Crippen MR) is 48.7 cm³/mol. The van der Waals surface area contributed by atoms with Gasteiger partial charge in [0.1, 0.15) is 5.78 Å². The topological polar surface area (TPSA) is 17.1 Å². The number of carbonyl (C=O) groups is 1. The summed E-state index contributed by atoms with van der Waals surface area (Å²) >= 11 is 5.75. The van der Waals surface area contributed by atoms with Gasteiger partial charge in [0.25, 0.3) is 0 Å². The van der Waals surface area contributed by atoms with Gasteiger partial charge in [-0.2, -0.15) is 0 Å². The molecule has 0 radical (unpaired) electrons. The average Bonchev–Trinajstić information content (AvgIpc) is 1.81. The van der Waals surface area contributed by atoms with Gasteiger partial charge in [-0.3, -0.25) is 4.79 Å². The number of hydrogen-bond donors (Lipinski definition) is 0. The third-order valence-corrected chi connectivity index (χ3v) is 1.58. The van der Waals surface area contributed by atoms with Crippen molar-refractivity contribution in [3.8, 4) is 0 Å². The van der Waals surface area contributed by atoms with Gasteiger partial charge < -0.3 is 0 Å². The smallest absolute Gasteiger partial charge is 0.134 e. The fourth-order valence-electron chi connectivity index (χ4n) is 0.816. The van der Waals surface area contributed by atoms with Crippen LogP contribution >= 0.6 is 11.6 Å². The summed E-state index contributed by atoms with van der Waals surface area (Å²) in [4.78, 5) is 10.7. The van der Waals surface area contributed by atoms with Gasteiger partial charge in [-0.25, -0.2) is 0 Å². The molecule has 0 saturated heterocycles.